The molecule has 3 nitrogen and oxygen atoms in total. The largest absolute Gasteiger partial charge is 0.439 e. The Morgan fingerprint density at radius 2 is 2.12 bits per heavy atom. The van der Waals surface area contributed by atoms with Crippen LogP contribution in [0.15, 0.2) is 28.8 Å². The molecule has 0 N–H and O–H groups in total. The molecule has 0 atom stereocenters. The quantitative estimate of drug-likeness (QED) is 0.803. The Labute approximate surface area is 101 Å². The van der Waals surface area contributed by atoms with E-state index in [-0.39, 0.29) is 0 Å². The molecule has 17 heavy (non-hydrogen) atoms. The number of aromatic nitrogens is 2. The SMILES string of the molecule is CC(C)c1oc(-c2ccccn2)nc1C1CC1. The van der Waals surface area contributed by atoms with Crippen molar-refractivity contribution in [2.24, 2.45) is 0 Å². The Balaban J connectivity index is 2.04. The predicted molar refractivity (Wildman–Crippen MR) is 65.8 cm³/mol. The maximum atomic E-state index is 5.89. The fourth-order valence-electron chi connectivity index (χ4n) is 2.01. The van der Waals surface area contributed by atoms with Gasteiger partial charge in [-0.3, -0.25) is 4.98 Å². The minimum atomic E-state index is 0.385. The van der Waals surface area contributed by atoms with Crippen LogP contribution in [-0.2, 0) is 0 Å². The lowest BCUT2D eigenvalue weighted by molar-refractivity contribution is 0.489. The van der Waals surface area contributed by atoms with Gasteiger partial charge in [0.2, 0.25) is 5.89 Å². The van der Waals surface area contributed by atoms with Gasteiger partial charge in [0.1, 0.15) is 11.5 Å². The molecule has 1 aliphatic carbocycles. The highest BCUT2D eigenvalue weighted by Gasteiger charge is 2.32. The summed E-state index contributed by atoms with van der Waals surface area (Å²) in [6.07, 6.45) is 4.26. The standard InChI is InChI=1S/C14H16N2O/c1-9(2)13-12(10-6-7-10)16-14(17-13)11-5-3-4-8-15-11/h3-5,8-10H,6-7H2,1-2H3. The summed E-state index contributed by atoms with van der Waals surface area (Å²) in [5.41, 5.74) is 1.97. The summed E-state index contributed by atoms with van der Waals surface area (Å²) >= 11 is 0. The molecule has 0 bridgehead atoms. The van der Waals surface area contributed by atoms with E-state index in [1.165, 1.54) is 12.8 Å². The van der Waals surface area contributed by atoms with Crippen molar-refractivity contribution in [3.63, 3.8) is 0 Å². The van der Waals surface area contributed by atoms with Crippen LogP contribution in [-0.4, -0.2) is 9.97 Å². The molecule has 0 spiro atoms. The van der Waals surface area contributed by atoms with E-state index in [0.29, 0.717) is 17.7 Å². The smallest absolute Gasteiger partial charge is 0.245 e. The molecule has 3 rings (SSSR count). The van der Waals surface area contributed by atoms with Gasteiger partial charge in [-0.25, -0.2) is 4.98 Å². The van der Waals surface area contributed by atoms with Gasteiger partial charge in [-0.2, -0.15) is 0 Å². The second-order valence-corrected chi connectivity index (χ2v) is 4.91. The third kappa shape index (κ3) is 1.97. The Bertz CT molecular complexity index is 493. The van der Waals surface area contributed by atoms with E-state index >= 15 is 0 Å². The molecule has 0 radical (unpaired) electrons. The van der Waals surface area contributed by atoms with Gasteiger partial charge >= 0.3 is 0 Å². The monoisotopic (exact) mass is 228 g/mol. The summed E-state index contributed by atoms with van der Waals surface area (Å²) in [6, 6.07) is 5.79. The van der Waals surface area contributed by atoms with Gasteiger partial charge in [0.25, 0.3) is 0 Å². The second-order valence-electron chi connectivity index (χ2n) is 4.91. The summed E-state index contributed by atoms with van der Waals surface area (Å²) in [5, 5.41) is 0. The summed E-state index contributed by atoms with van der Waals surface area (Å²) in [7, 11) is 0. The molecule has 1 fully saturated rings. The number of pyridine rings is 1. The van der Waals surface area contributed by atoms with E-state index in [1.807, 2.05) is 18.2 Å². The maximum Gasteiger partial charge on any atom is 0.245 e. The van der Waals surface area contributed by atoms with Crippen molar-refractivity contribution >= 4 is 0 Å². The van der Waals surface area contributed by atoms with Crippen molar-refractivity contribution in [1.82, 2.24) is 9.97 Å². The number of hydrogen-bond acceptors (Lipinski definition) is 3. The van der Waals surface area contributed by atoms with Crippen molar-refractivity contribution < 1.29 is 4.42 Å². The first kappa shape index (κ1) is 10.5. The third-order valence-corrected chi connectivity index (χ3v) is 3.05. The normalized spacial score (nSPS) is 15.5. The van der Waals surface area contributed by atoms with Crippen molar-refractivity contribution in [2.75, 3.05) is 0 Å². The number of oxazole rings is 1. The number of nitrogens with zero attached hydrogens (tertiary/aromatic N) is 2. The molecule has 0 saturated heterocycles. The van der Waals surface area contributed by atoms with Crippen molar-refractivity contribution in [2.45, 2.75) is 38.5 Å². The van der Waals surface area contributed by atoms with E-state index in [9.17, 15) is 0 Å². The fraction of sp³-hybridized carbons (Fsp3) is 0.429. The second kappa shape index (κ2) is 3.99. The van der Waals surface area contributed by atoms with Crippen molar-refractivity contribution in [3.05, 3.63) is 35.9 Å². The van der Waals surface area contributed by atoms with Gasteiger partial charge in [-0.1, -0.05) is 19.9 Å². The van der Waals surface area contributed by atoms with Crippen LogP contribution in [0.1, 0.15) is 50.0 Å². The molecular formula is C14H16N2O. The average Bonchev–Trinajstić information content (AvgIpc) is 3.09. The molecule has 2 aromatic rings. The Morgan fingerprint density at radius 3 is 2.71 bits per heavy atom. The van der Waals surface area contributed by atoms with Crippen LogP contribution < -0.4 is 0 Å². The van der Waals surface area contributed by atoms with Crippen molar-refractivity contribution in [3.8, 4) is 11.6 Å². The molecule has 0 unspecified atom stereocenters. The Hall–Kier alpha value is -1.64. The highest BCUT2D eigenvalue weighted by Crippen LogP contribution is 2.43. The molecule has 0 aliphatic heterocycles. The predicted octanol–water partition coefficient (Wildman–Crippen LogP) is 3.74. The summed E-state index contributed by atoms with van der Waals surface area (Å²) in [5.74, 6) is 2.70. The summed E-state index contributed by atoms with van der Waals surface area (Å²) < 4.78 is 5.89. The summed E-state index contributed by atoms with van der Waals surface area (Å²) in [6.45, 7) is 4.29. The van der Waals surface area contributed by atoms with Crippen LogP contribution in [0.2, 0.25) is 0 Å². The van der Waals surface area contributed by atoms with E-state index in [2.05, 4.69) is 23.8 Å². The van der Waals surface area contributed by atoms with Crippen LogP contribution >= 0.6 is 0 Å². The van der Waals surface area contributed by atoms with Crippen LogP contribution in [0.3, 0.4) is 0 Å². The molecule has 1 saturated carbocycles. The van der Waals surface area contributed by atoms with Gasteiger partial charge in [-0.05, 0) is 25.0 Å². The van der Waals surface area contributed by atoms with Gasteiger partial charge in [0.05, 0.1) is 5.69 Å². The zero-order valence-electron chi connectivity index (χ0n) is 10.2. The fourth-order valence-corrected chi connectivity index (χ4v) is 2.01. The molecular weight excluding hydrogens is 212 g/mol. The zero-order valence-corrected chi connectivity index (χ0v) is 10.2. The zero-order chi connectivity index (χ0) is 11.8. The minimum Gasteiger partial charge on any atom is -0.439 e. The molecule has 2 heterocycles. The first-order chi connectivity index (χ1) is 8.25. The molecule has 88 valence electrons. The van der Waals surface area contributed by atoms with Crippen LogP contribution in [0.5, 0.6) is 0 Å². The molecule has 1 aliphatic rings. The van der Waals surface area contributed by atoms with Gasteiger partial charge in [0, 0.05) is 18.0 Å². The third-order valence-electron chi connectivity index (χ3n) is 3.05. The van der Waals surface area contributed by atoms with Gasteiger partial charge in [0.15, 0.2) is 0 Å². The first-order valence-electron chi connectivity index (χ1n) is 6.17. The van der Waals surface area contributed by atoms with E-state index < -0.39 is 0 Å². The van der Waals surface area contributed by atoms with Gasteiger partial charge < -0.3 is 4.42 Å². The maximum absolute atomic E-state index is 5.89. The molecule has 2 aromatic heterocycles. The average molecular weight is 228 g/mol. The molecule has 3 heteroatoms. The minimum absolute atomic E-state index is 0.385. The lowest BCUT2D eigenvalue weighted by Crippen LogP contribution is -1.90. The van der Waals surface area contributed by atoms with Crippen molar-refractivity contribution in [1.29, 1.82) is 0 Å². The van der Waals surface area contributed by atoms with Gasteiger partial charge in [-0.15, -0.1) is 0 Å². The lowest BCUT2D eigenvalue weighted by atomic mass is 10.1. The lowest BCUT2D eigenvalue weighted by Gasteiger charge is -2.01. The van der Waals surface area contributed by atoms with E-state index in [4.69, 9.17) is 4.42 Å². The molecule has 0 amide bonds. The van der Waals surface area contributed by atoms with Crippen LogP contribution in [0, 0.1) is 0 Å². The first-order valence-corrected chi connectivity index (χ1v) is 6.17. The van der Waals surface area contributed by atoms with E-state index in [0.717, 1.165) is 17.1 Å². The topological polar surface area (TPSA) is 38.9 Å². The number of hydrogen-bond donors (Lipinski definition) is 0. The van der Waals surface area contributed by atoms with Crippen LogP contribution in [0.4, 0.5) is 0 Å². The van der Waals surface area contributed by atoms with E-state index in [1.54, 1.807) is 6.20 Å². The molecule has 0 aromatic carbocycles. The van der Waals surface area contributed by atoms with Crippen LogP contribution in [0.25, 0.3) is 11.6 Å². The summed E-state index contributed by atoms with van der Waals surface area (Å²) in [4.78, 5) is 8.92. The number of rotatable bonds is 3. The Morgan fingerprint density at radius 1 is 1.29 bits per heavy atom. The Kier molecular flexibility index (Phi) is 2.46. The highest BCUT2D eigenvalue weighted by atomic mass is 16.4. The highest BCUT2D eigenvalue weighted by molar-refractivity contribution is 5.48.